The van der Waals surface area contributed by atoms with Gasteiger partial charge >= 0.3 is 15.2 Å². The summed E-state index contributed by atoms with van der Waals surface area (Å²) in [5.74, 6) is 0. The quantitative estimate of drug-likeness (QED) is 0.314. The molecule has 0 bridgehead atoms. The maximum atomic E-state index is 12.3. The molecule has 0 aliphatic heterocycles. The highest BCUT2D eigenvalue weighted by Crippen LogP contribution is 2.66. The molecule has 0 aliphatic carbocycles. The van der Waals surface area contributed by atoms with Gasteiger partial charge in [0.2, 0.25) is 0 Å². The SMILES string of the molecule is C=C(C(N)(c1ccccc1)P(=O)(O)O)C(N)(c1ccccc1)P(=O)(O)O. The van der Waals surface area contributed by atoms with E-state index < -0.39 is 31.3 Å². The molecule has 2 atom stereocenters. The van der Waals surface area contributed by atoms with Crippen LogP contribution in [0.25, 0.3) is 0 Å². The lowest BCUT2D eigenvalue weighted by Gasteiger charge is -2.42. The van der Waals surface area contributed by atoms with E-state index in [1.54, 1.807) is 12.1 Å². The van der Waals surface area contributed by atoms with E-state index in [2.05, 4.69) is 6.58 Å². The molecule has 0 saturated heterocycles. The maximum Gasteiger partial charge on any atom is 0.354 e. The molecular formula is C16H20N2O6P2. The third kappa shape index (κ3) is 3.22. The largest absolute Gasteiger partial charge is 0.354 e. The number of nitrogens with two attached hydrogens (primary N) is 2. The van der Waals surface area contributed by atoms with Crippen LogP contribution in [0.1, 0.15) is 11.1 Å². The zero-order valence-corrected chi connectivity index (χ0v) is 15.4. The van der Waals surface area contributed by atoms with E-state index >= 15 is 0 Å². The van der Waals surface area contributed by atoms with Crippen molar-refractivity contribution in [1.82, 2.24) is 0 Å². The summed E-state index contributed by atoms with van der Waals surface area (Å²) >= 11 is 0. The Morgan fingerprint density at radius 2 is 1.00 bits per heavy atom. The summed E-state index contributed by atoms with van der Waals surface area (Å²) in [7, 11) is -10.4. The van der Waals surface area contributed by atoms with Crippen molar-refractivity contribution >= 4 is 15.2 Å². The average Bonchev–Trinajstić information content (AvgIpc) is 2.59. The van der Waals surface area contributed by atoms with Crippen LogP contribution in [-0.2, 0) is 19.7 Å². The summed E-state index contributed by atoms with van der Waals surface area (Å²) in [5, 5.41) is -5.22. The van der Waals surface area contributed by atoms with Crippen LogP contribution in [0.2, 0.25) is 0 Å². The number of hydrogen-bond acceptors (Lipinski definition) is 4. The molecule has 0 radical (unpaired) electrons. The second-order valence-corrected chi connectivity index (χ2v) is 9.42. The van der Waals surface area contributed by atoms with Crippen molar-refractivity contribution in [3.8, 4) is 0 Å². The van der Waals surface area contributed by atoms with Crippen LogP contribution < -0.4 is 11.5 Å². The zero-order valence-electron chi connectivity index (χ0n) is 13.6. The van der Waals surface area contributed by atoms with Crippen molar-refractivity contribution in [2.24, 2.45) is 11.5 Å². The first-order valence-corrected chi connectivity index (χ1v) is 10.6. The predicted molar refractivity (Wildman–Crippen MR) is 97.8 cm³/mol. The summed E-state index contributed by atoms with van der Waals surface area (Å²) in [5.41, 5.74) is 11.3. The van der Waals surface area contributed by atoms with Crippen molar-refractivity contribution in [3.05, 3.63) is 83.9 Å². The van der Waals surface area contributed by atoms with Gasteiger partial charge in [0.25, 0.3) is 0 Å². The van der Waals surface area contributed by atoms with Crippen molar-refractivity contribution in [2.75, 3.05) is 0 Å². The number of hydrogen-bond donors (Lipinski definition) is 6. The molecule has 0 saturated carbocycles. The second-order valence-electron chi connectivity index (χ2n) is 5.83. The lowest BCUT2D eigenvalue weighted by Crippen LogP contribution is -2.50. The first-order valence-electron chi connectivity index (χ1n) is 7.36. The molecule has 26 heavy (non-hydrogen) atoms. The van der Waals surface area contributed by atoms with Crippen molar-refractivity contribution in [3.63, 3.8) is 0 Å². The van der Waals surface area contributed by atoms with Gasteiger partial charge in [0.15, 0.2) is 10.6 Å². The average molecular weight is 398 g/mol. The molecule has 10 heteroatoms. The van der Waals surface area contributed by atoms with Gasteiger partial charge in [-0.05, 0) is 16.7 Å². The zero-order chi connectivity index (χ0) is 19.8. The van der Waals surface area contributed by atoms with E-state index in [1.165, 1.54) is 48.5 Å². The molecule has 8 N–H and O–H groups in total. The third-order valence-electron chi connectivity index (χ3n) is 4.27. The Morgan fingerprint density at radius 3 is 1.23 bits per heavy atom. The molecule has 2 unspecified atom stereocenters. The summed E-state index contributed by atoms with van der Waals surface area (Å²) in [6.07, 6.45) is 0. The van der Waals surface area contributed by atoms with Gasteiger partial charge in [-0.1, -0.05) is 67.2 Å². The highest BCUT2D eigenvalue weighted by atomic mass is 31.2. The van der Waals surface area contributed by atoms with Crippen molar-refractivity contribution in [1.29, 1.82) is 0 Å². The molecule has 0 aliphatic rings. The monoisotopic (exact) mass is 398 g/mol. The Balaban J connectivity index is 2.82. The summed E-state index contributed by atoms with van der Waals surface area (Å²) < 4.78 is 24.6. The molecule has 2 aromatic carbocycles. The van der Waals surface area contributed by atoms with Gasteiger partial charge < -0.3 is 31.0 Å². The molecule has 0 aromatic heterocycles. The van der Waals surface area contributed by atoms with Crippen molar-refractivity contribution in [2.45, 2.75) is 10.6 Å². The van der Waals surface area contributed by atoms with Gasteiger partial charge in [-0.25, -0.2) is 0 Å². The van der Waals surface area contributed by atoms with E-state index in [9.17, 15) is 28.7 Å². The van der Waals surface area contributed by atoms with E-state index in [-0.39, 0.29) is 11.1 Å². The van der Waals surface area contributed by atoms with E-state index in [0.717, 1.165) is 0 Å². The smallest absolute Gasteiger partial charge is 0.323 e. The van der Waals surface area contributed by atoms with Gasteiger partial charge in [-0.3, -0.25) is 9.13 Å². The van der Waals surface area contributed by atoms with Crippen LogP contribution in [0.3, 0.4) is 0 Å². The molecular weight excluding hydrogens is 378 g/mol. The fourth-order valence-electron chi connectivity index (χ4n) is 2.71. The molecule has 2 aromatic rings. The van der Waals surface area contributed by atoms with Crippen LogP contribution in [0.15, 0.2) is 72.8 Å². The van der Waals surface area contributed by atoms with Gasteiger partial charge in [0.1, 0.15) is 0 Å². The van der Waals surface area contributed by atoms with Gasteiger partial charge in [0, 0.05) is 0 Å². The van der Waals surface area contributed by atoms with E-state index in [4.69, 9.17) is 11.5 Å². The predicted octanol–water partition coefficient (Wildman–Crippen LogP) is 1.52. The Hall–Kier alpha value is -1.60. The van der Waals surface area contributed by atoms with Crippen LogP contribution in [-0.4, -0.2) is 19.6 Å². The highest BCUT2D eigenvalue weighted by Gasteiger charge is 2.59. The van der Waals surface area contributed by atoms with Crippen molar-refractivity contribution < 1.29 is 28.7 Å². The maximum absolute atomic E-state index is 12.3. The van der Waals surface area contributed by atoms with Gasteiger partial charge in [-0.2, -0.15) is 0 Å². The Kier molecular flexibility index (Phi) is 5.46. The minimum Gasteiger partial charge on any atom is -0.323 e. The van der Waals surface area contributed by atoms with Crippen LogP contribution in [0, 0.1) is 0 Å². The summed E-state index contributed by atoms with van der Waals surface area (Å²) in [4.78, 5) is 39.8. The highest BCUT2D eigenvalue weighted by molar-refractivity contribution is 7.55. The summed E-state index contributed by atoms with van der Waals surface area (Å²) in [6.45, 7) is 3.55. The molecule has 2 rings (SSSR count). The molecule has 0 heterocycles. The number of benzene rings is 2. The standard InChI is InChI=1S/C16H20N2O6P2/c1-12(15(17,25(19,20)21)13-8-4-2-5-9-13)16(18,26(22,23)24)14-10-6-3-7-11-14/h2-11H,1,17-18H2,(H2,19,20,21)(H2,22,23,24). The van der Waals surface area contributed by atoms with E-state index in [0.29, 0.717) is 0 Å². The molecule has 0 fully saturated rings. The lowest BCUT2D eigenvalue weighted by molar-refractivity contribution is 0.315. The number of rotatable bonds is 6. The Morgan fingerprint density at radius 1 is 0.731 bits per heavy atom. The first-order chi connectivity index (χ1) is 11.9. The molecule has 0 spiro atoms. The Bertz CT molecular complexity index is 822. The topological polar surface area (TPSA) is 167 Å². The van der Waals surface area contributed by atoms with Crippen LogP contribution >= 0.6 is 15.2 Å². The first kappa shape index (κ1) is 20.7. The minimum absolute atomic E-state index is 0.0717. The fourth-order valence-corrected chi connectivity index (χ4v) is 4.83. The third-order valence-corrected chi connectivity index (χ3v) is 7.16. The fraction of sp³-hybridized carbons (Fsp3) is 0.125. The molecule has 140 valence electrons. The van der Waals surface area contributed by atoms with Gasteiger partial charge in [-0.15, -0.1) is 0 Å². The Labute approximate surface area is 150 Å². The van der Waals surface area contributed by atoms with E-state index in [1.807, 2.05) is 0 Å². The summed E-state index contributed by atoms with van der Waals surface area (Å²) in [6, 6.07) is 14.5. The minimum atomic E-state index is -5.20. The molecule has 8 nitrogen and oxygen atoms in total. The lowest BCUT2D eigenvalue weighted by atomic mass is 9.90. The van der Waals surface area contributed by atoms with Crippen LogP contribution in [0.4, 0.5) is 0 Å². The molecule has 0 amide bonds. The van der Waals surface area contributed by atoms with Gasteiger partial charge in [0.05, 0.1) is 0 Å². The normalized spacial score (nSPS) is 17.2. The van der Waals surface area contributed by atoms with Crippen LogP contribution in [0.5, 0.6) is 0 Å². The second kappa shape index (κ2) is 6.85.